The van der Waals surface area contributed by atoms with Crippen molar-refractivity contribution in [3.05, 3.63) is 29.2 Å². The zero-order valence-corrected chi connectivity index (χ0v) is 15.0. The van der Waals surface area contributed by atoms with Gasteiger partial charge in [0.15, 0.2) is 11.0 Å². The van der Waals surface area contributed by atoms with Crippen LogP contribution in [-0.4, -0.2) is 43.2 Å². The number of carbonyl (C=O) groups excluding carboxylic acids is 1. The average molecular weight is 347 g/mol. The summed E-state index contributed by atoms with van der Waals surface area (Å²) in [5, 5.41) is 4.58. The third-order valence-electron chi connectivity index (χ3n) is 3.94. The lowest BCUT2D eigenvalue weighted by Crippen LogP contribution is -2.32. The monoisotopic (exact) mass is 347 g/mol. The molecular formula is C16H21N5O2S. The number of amides is 1. The van der Waals surface area contributed by atoms with Crippen LogP contribution in [0.5, 0.6) is 0 Å². The fourth-order valence-electron chi connectivity index (χ4n) is 2.84. The zero-order chi connectivity index (χ0) is 17.1. The second-order valence-electron chi connectivity index (χ2n) is 5.87. The molecule has 0 unspecified atom stereocenters. The van der Waals surface area contributed by atoms with E-state index in [0.29, 0.717) is 22.6 Å². The topological polar surface area (TPSA) is 85.0 Å². The number of nitrogens with zero attached hydrogens (tertiary/aromatic N) is 5. The van der Waals surface area contributed by atoms with Gasteiger partial charge in [0.2, 0.25) is 11.8 Å². The predicted octanol–water partition coefficient (Wildman–Crippen LogP) is 2.49. The largest absolute Gasteiger partial charge is 0.337 e. The van der Waals surface area contributed by atoms with Gasteiger partial charge in [-0.3, -0.25) is 4.79 Å². The number of rotatable bonds is 5. The minimum absolute atomic E-state index is 0.0570. The lowest BCUT2D eigenvalue weighted by molar-refractivity contribution is -0.129. The Morgan fingerprint density at radius 2 is 2.08 bits per heavy atom. The summed E-state index contributed by atoms with van der Waals surface area (Å²) in [6.45, 7) is 6.56. The number of thioether (sulfide) groups is 1. The van der Waals surface area contributed by atoms with Crippen molar-refractivity contribution in [3.63, 3.8) is 0 Å². The maximum atomic E-state index is 12.6. The van der Waals surface area contributed by atoms with Gasteiger partial charge in [-0.2, -0.15) is 4.98 Å². The van der Waals surface area contributed by atoms with Crippen LogP contribution in [0.4, 0.5) is 0 Å². The van der Waals surface area contributed by atoms with Crippen LogP contribution in [0.25, 0.3) is 0 Å². The Hall–Kier alpha value is -1.96. The van der Waals surface area contributed by atoms with Gasteiger partial charge in [0.05, 0.1) is 5.75 Å². The quantitative estimate of drug-likeness (QED) is 0.607. The second-order valence-corrected chi connectivity index (χ2v) is 6.81. The van der Waals surface area contributed by atoms with Crippen LogP contribution in [0.1, 0.15) is 48.9 Å². The summed E-state index contributed by atoms with van der Waals surface area (Å²) in [5.74, 6) is 1.60. The molecule has 1 saturated heterocycles. The minimum Gasteiger partial charge on any atom is -0.337 e. The number of carbonyl (C=O) groups is 1. The first-order chi connectivity index (χ1) is 11.6. The summed E-state index contributed by atoms with van der Waals surface area (Å²) in [7, 11) is 0. The third kappa shape index (κ3) is 3.75. The summed E-state index contributed by atoms with van der Waals surface area (Å²) < 4.78 is 5.33. The number of hydrogen-bond donors (Lipinski definition) is 0. The highest BCUT2D eigenvalue weighted by atomic mass is 32.2. The van der Waals surface area contributed by atoms with Crippen molar-refractivity contribution in [2.75, 3.05) is 12.3 Å². The first kappa shape index (κ1) is 16.9. The maximum Gasteiger partial charge on any atom is 0.249 e. The van der Waals surface area contributed by atoms with Crippen molar-refractivity contribution in [1.29, 1.82) is 0 Å². The highest BCUT2D eigenvalue weighted by Gasteiger charge is 2.33. The normalized spacial score (nSPS) is 17.5. The number of aromatic nitrogens is 4. The molecular weight excluding hydrogens is 326 g/mol. The second kappa shape index (κ2) is 7.29. The van der Waals surface area contributed by atoms with Crippen molar-refractivity contribution >= 4 is 17.7 Å². The molecule has 0 bridgehead atoms. The van der Waals surface area contributed by atoms with Crippen LogP contribution in [-0.2, 0) is 11.2 Å². The molecule has 8 heteroatoms. The van der Waals surface area contributed by atoms with E-state index in [1.54, 1.807) is 0 Å². The predicted molar refractivity (Wildman–Crippen MR) is 89.6 cm³/mol. The van der Waals surface area contributed by atoms with Crippen molar-refractivity contribution in [1.82, 2.24) is 25.0 Å². The van der Waals surface area contributed by atoms with Gasteiger partial charge in [-0.05, 0) is 32.8 Å². The Kier molecular flexibility index (Phi) is 5.13. The van der Waals surface area contributed by atoms with Gasteiger partial charge in [-0.1, -0.05) is 23.8 Å². The standard InChI is InChI=1S/C16H21N5O2S/c1-4-13-19-15(23-20-13)12-6-5-7-21(12)14(22)9-24-16-17-10(2)8-11(3)18-16/h8,12H,4-7,9H2,1-3H3/t12-/m0/s1. The molecule has 0 radical (unpaired) electrons. The van der Waals surface area contributed by atoms with E-state index in [1.165, 1.54) is 11.8 Å². The van der Waals surface area contributed by atoms with E-state index >= 15 is 0 Å². The van der Waals surface area contributed by atoms with Gasteiger partial charge < -0.3 is 9.42 Å². The van der Waals surface area contributed by atoms with E-state index in [1.807, 2.05) is 31.7 Å². The molecule has 2 aromatic rings. The molecule has 0 spiro atoms. The van der Waals surface area contributed by atoms with Gasteiger partial charge in [-0.15, -0.1) is 0 Å². The molecule has 128 valence electrons. The van der Waals surface area contributed by atoms with Crippen molar-refractivity contribution in [2.24, 2.45) is 0 Å². The first-order valence-electron chi connectivity index (χ1n) is 8.14. The van der Waals surface area contributed by atoms with E-state index in [-0.39, 0.29) is 11.9 Å². The van der Waals surface area contributed by atoms with Crippen LogP contribution >= 0.6 is 11.8 Å². The van der Waals surface area contributed by atoms with Crippen molar-refractivity contribution < 1.29 is 9.32 Å². The Morgan fingerprint density at radius 1 is 1.33 bits per heavy atom. The Morgan fingerprint density at radius 3 is 2.75 bits per heavy atom. The first-order valence-corrected chi connectivity index (χ1v) is 9.12. The summed E-state index contributed by atoms with van der Waals surface area (Å²) >= 11 is 1.37. The molecule has 1 aliphatic heterocycles. The molecule has 3 rings (SSSR count). The van der Waals surface area contributed by atoms with E-state index in [2.05, 4.69) is 20.1 Å². The number of likely N-dealkylation sites (tertiary alicyclic amines) is 1. The van der Waals surface area contributed by atoms with E-state index < -0.39 is 0 Å². The van der Waals surface area contributed by atoms with Crippen LogP contribution in [0.3, 0.4) is 0 Å². The highest BCUT2D eigenvalue weighted by molar-refractivity contribution is 7.99. The molecule has 2 aromatic heterocycles. The highest BCUT2D eigenvalue weighted by Crippen LogP contribution is 2.31. The van der Waals surface area contributed by atoms with Crippen molar-refractivity contribution in [3.8, 4) is 0 Å². The summed E-state index contributed by atoms with van der Waals surface area (Å²) in [4.78, 5) is 27.6. The Bertz CT molecular complexity index is 713. The minimum atomic E-state index is -0.105. The fraction of sp³-hybridized carbons (Fsp3) is 0.562. The number of aryl methyl sites for hydroxylation is 3. The molecule has 0 N–H and O–H groups in total. The van der Waals surface area contributed by atoms with Crippen LogP contribution < -0.4 is 0 Å². The summed E-state index contributed by atoms with van der Waals surface area (Å²) in [6.07, 6.45) is 2.54. The van der Waals surface area contributed by atoms with E-state index in [0.717, 1.165) is 37.2 Å². The van der Waals surface area contributed by atoms with Gasteiger partial charge in [0.25, 0.3) is 0 Å². The smallest absolute Gasteiger partial charge is 0.249 e. The molecule has 0 aromatic carbocycles. The molecule has 1 atom stereocenters. The van der Waals surface area contributed by atoms with Gasteiger partial charge in [0, 0.05) is 24.4 Å². The van der Waals surface area contributed by atoms with E-state index in [9.17, 15) is 4.79 Å². The maximum absolute atomic E-state index is 12.6. The van der Waals surface area contributed by atoms with Gasteiger partial charge in [0.1, 0.15) is 6.04 Å². The lowest BCUT2D eigenvalue weighted by Gasteiger charge is -2.21. The van der Waals surface area contributed by atoms with Crippen LogP contribution in [0.2, 0.25) is 0 Å². The SMILES string of the molecule is CCc1noc([C@@H]2CCCN2C(=O)CSc2nc(C)cc(C)n2)n1. The molecule has 1 amide bonds. The van der Waals surface area contributed by atoms with E-state index in [4.69, 9.17) is 4.52 Å². The van der Waals surface area contributed by atoms with Crippen LogP contribution in [0, 0.1) is 13.8 Å². The van der Waals surface area contributed by atoms with Gasteiger partial charge >= 0.3 is 0 Å². The molecule has 3 heterocycles. The zero-order valence-electron chi connectivity index (χ0n) is 14.2. The molecule has 0 saturated carbocycles. The molecule has 1 fully saturated rings. The fourth-order valence-corrected chi connectivity index (χ4v) is 3.67. The Labute approximate surface area is 145 Å². The summed E-state index contributed by atoms with van der Waals surface area (Å²) in [5.41, 5.74) is 1.82. The number of hydrogen-bond acceptors (Lipinski definition) is 7. The summed E-state index contributed by atoms with van der Waals surface area (Å²) in [6, 6.07) is 1.81. The van der Waals surface area contributed by atoms with Crippen LogP contribution in [0.15, 0.2) is 15.7 Å². The molecule has 1 aliphatic rings. The average Bonchev–Trinajstić information content (AvgIpc) is 3.20. The third-order valence-corrected chi connectivity index (χ3v) is 4.78. The van der Waals surface area contributed by atoms with Crippen molar-refractivity contribution in [2.45, 2.75) is 51.2 Å². The van der Waals surface area contributed by atoms with Gasteiger partial charge in [-0.25, -0.2) is 9.97 Å². The molecule has 24 heavy (non-hydrogen) atoms. The Balaban J connectivity index is 1.65. The lowest BCUT2D eigenvalue weighted by atomic mass is 10.2. The molecule has 7 nitrogen and oxygen atoms in total. The molecule has 0 aliphatic carbocycles.